The number of para-hydroxylation sites is 1. The monoisotopic (exact) mass is 445 g/mol. The number of imidazole rings is 1. The Labute approximate surface area is 192 Å². The first kappa shape index (κ1) is 20.7. The largest absolute Gasteiger partial charge is 0.369 e. The van der Waals surface area contributed by atoms with E-state index in [1.54, 1.807) is 11.3 Å². The van der Waals surface area contributed by atoms with Crippen molar-refractivity contribution in [3.8, 4) is 0 Å². The third-order valence-corrected chi connectivity index (χ3v) is 6.74. The highest BCUT2D eigenvalue weighted by molar-refractivity contribution is 7.15. The van der Waals surface area contributed by atoms with E-state index in [9.17, 15) is 4.79 Å². The summed E-state index contributed by atoms with van der Waals surface area (Å²) in [5, 5.41) is 5.07. The van der Waals surface area contributed by atoms with E-state index in [2.05, 4.69) is 68.6 Å². The van der Waals surface area contributed by atoms with Gasteiger partial charge < -0.3 is 10.2 Å². The summed E-state index contributed by atoms with van der Waals surface area (Å²) >= 11 is 1.58. The summed E-state index contributed by atoms with van der Waals surface area (Å²) in [5.74, 6) is 0.00188. The number of nitrogens with zero attached hydrogens (tertiary/aromatic N) is 4. The number of thiazole rings is 1. The fourth-order valence-electron chi connectivity index (χ4n) is 4.21. The molecule has 0 spiro atoms. The fourth-order valence-corrected chi connectivity index (χ4v) is 4.93. The van der Waals surface area contributed by atoms with Crippen LogP contribution in [0.1, 0.15) is 16.8 Å². The number of hydrogen-bond donors (Lipinski definition) is 1. The number of hydrogen-bond acceptors (Lipinski definition) is 5. The molecule has 4 aromatic rings. The Morgan fingerprint density at radius 3 is 2.50 bits per heavy atom. The van der Waals surface area contributed by atoms with Crippen molar-refractivity contribution < 1.29 is 4.79 Å². The van der Waals surface area contributed by atoms with Crippen LogP contribution in [0.3, 0.4) is 0 Å². The van der Waals surface area contributed by atoms with Crippen molar-refractivity contribution >= 4 is 27.9 Å². The molecule has 1 saturated heterocycles. The van der Waals surface area contributed by atoms with Crippen LogP contribution in [0, 0.1) is 0 Å². The first-order chi connectivity index (χ1) is 15.7. The van der Waals surface area contributed by atoms with Crippen molar-refractivity contribution in [3.63, 3.8) is 0 Å². The first-order valence-corrected chi connectivity index (χ1v) is 11.9. The molecule has 1 aliphatic rings. The second-order valence-electron chi connectivity index (χ2n) is 8.15. The molecule has 3 heterocycles. The van der Waals surface area contributed by atoms with Crippen molar-refractivity contribution in [2.24, 2.45) is 0 Å². The maximum Gasteiger partial charge on any atom is 0.226 e. The van der Waals surface area contributed by atoms with Crippen LogP contribution in [0.4, 0.5) is 5.69 Å². The van der Waals surface area contributed by atoms with E-state index in [0.717, 1.165) is 43.4 Å². The van der Waals surface area contributed by atoms with Gasteiger partial charge in [-0.3, -0.25) is 14.1 Å². The average Bonchev–Trinajstić information content (AvgIpc) is 3.41. The second-order valence-corrected chi connectivity index (χ2v) is 9.02. The average molecular weight is 446 g/mol. The van der Waals surface area contributed by atoms with E-state index in [-0.39, 0.29) is 5.91 Å². The van der Waals surface area contributed by atoms with Crippen molar-refractivity contribution in [1.29, 1.82) is 0 Å². The summed E-state index contributed by atoms with van der Waals surface area (Å²) in [5.41, 5.74) is 4.56. The van der Waals surface area contributed by atoms with Gasteiger partial charge in [0.2, 0.25) is 5.91 Å². The Bertz CT molecular complexity index is 1150. The van der Waals surface area contributed by atoms with Crippen molar-refractivity contribution in [1.82, 2.24) is 19.6 Å². The van der Waals surface area contributed by atoms with Gasteiger partial charge in [-0.2, -0.15) is 0 Å². The van der Waals surface area contributed by atoms with Crippen molar-refractivity contribution in [3.05, 3.63) is 89.2 Å². The minimum Gasteiger partial charge on any atom is -0.369 e. The summed E-state index contributed by atoms with van der Waals surface area (Å²) in [7, 11) is 0. The number of aromatic nitrogens is 2. The van der Waals surface area contributed by atoms with Gasteiger partial charge in [-0.15, -0.1) is 11.3 Å². The lowest BCUT2D eigenvalue weighted by molar-refractivity contribution is -0.120. The molecule has 0 bridgehead atoms. The molecule has 1 aliphatic heterocycles. The van der Waals surface area contributed by atoms with Crippen LogP contribution >= 0.6 is 11.3 Å². The molecule has 6 nitrogen and oxygen atoms in total. The molecule has 2 aromatic carbocycles. The predicted octanol–water partition coefficient (Wildman–Crippen LogP) is 3.58. The predicted molar refractivity (Wildman–Crippen MR) is 129 cm³/mol. The molecule has 0 aliphatic carbocycles. The maximum atomic E-state index is 12.5. The molecular weight excluding hydrogens is 418 g/mol. The highest BCUT2D eigenvalue weighted by Gasteiger charge is 2.18. The quantitative estimate of drug-likeness (QED) is 0.473. The van der Waals surface area contributed by atoms with Gasteiger partial charge in [0, 0.05) is 62.7 Å². The number of benzene rings is 2. The minimum atomic E-state index is 0.00188. The maximum absolute atomic E-state index is 12.5. The lowest BCUT2D eigenvalue weighted by Gasteiger charge is -2.36. The number of piperazine rings is 1. The minimum absolute atomic E-state index is 0.00188. The zero-order valence-corrected chi connectivity index (χ0v) is 18.8. The van der Waals surface area contributed by atoms with Crippen LogP contribution in [-0.4, -0.2) is 46.4 Å². The van der Waals surface area contributed by atoms with E-state index in [1.165, 1.54) is 16.8 Å². The third-order valence-electron chi connectivity index (χ3n) is 5.97. The van der Waals surface area contributed by atoms with Crippen molar-refractivity contribution in [2.45, 2.75) is 19.5 Å². The molecule has 0 saturated carbocycles. The summed E-state index contributed by atoms with van der Waals surface area (Å²) < 4.78 is 1.96. The summed E-state index contributed by atoms with van der Waals surface area (Å²) in [6.07, 6.45) is 4.19. The Hall–Kier alpha value is -3.16. The number of nitrogens with one attached hydrogen (secondary N) is 1. The number of carbonyl (C=O) groups is 1. The smallest absolute Gasteiger partial charge is 0.226 e. The number of fused-ring (bicyclic) bond motifs is 1. The highest BCUT2D eigenvalue weighted by Crippen LogP contribution is 2.18. The van der Waals surface area contributed by atoms with Gasteiger partial charge in [0.15, 0.2) is 4.96 Å². The number of anilines is 1. The topological polar surface area (TPSA) is 52.9 Å². The Kier molecular flexibility index (Phi) is 6.18. The van der Waals surface area contributed by atoms with Crippen LogP contribution in [0.15, 0.2) is 72.4 Å². The summed E-state index contributed by atoms with van der Waals surface area (Å²) in [6.45, 7) is 5.59. The molecule has 32 heavy (non-hydrogen) atoms. The third kappa shape index (κ3) is 4.84. The lowest BCUT2D eigenvalue weighted by atomic mass is 10.1. The normalized spacial score (nSPS) is 14.7. The van der Waals surface area contributed by atoms with Gasteiger partial charge in [-0.1, -0.05) is 42.5 Å². The van der Waals surface area contributed by atoms with Gasteiger partial charge >= 0.3 is 0 Å². The molecule has 2 aromatic heterocycles. The zero-order chi connectivity index (χ0) is 21.8. The molecule has 1 amide bonds. The Morgan fingerprint density at radius 1 is 0.969 bits per heavy atom. The van der Waals surface area contributed by atoms with Gasteiger partial charge in [0.05, 0.1) is 12.1 Å². The second kappa shape index (κ2) is 9.54. The van der Waals surface area contributed by atoms with E-state index in [4.69, 9.17) is 0 Å². The van der Waals surface area contributed by atoms with Gasteiger partial charge in [0.25, 0.3) is 0 Å². The van der Waals surface area contributed by atoms with E-state index in [1.807, 2.05) is 28.2 Å². The Balaban J connectivity index is 1.14. The standard InChI is InChI=1S/C25H27N5OS/c31-24(16-22-19-30-14-15-32-25(30)27-22)26-17-20-6-4-5-7-21(20)18-28-10-12-29(13-11-28)23-8-2-1-3-9-23/h1-9,14-15,19H,10-13,16-18H2,(H,26,31). The van der Waals surface area contributed by atoms with Crippen LogP contribution < -0.4 is 10.2 Å². The molecule has 164 valence electrons. The number of amides is 1. The Morgan fingerprint density at radius 2 is 1.72 bits per heavy atom. The lowest BCUT2D eigenvalue weighted by Crippen LogP contribution is -2.46. The fraction of sp³-hybridized carbons (Fsp3) is 0.280. The molecular formula is C25H27N5OS. The van der Waals surface area contributed by atoms with Crippen LogP contribution in [0.2, 0.25) is 0 Å². The molecule has 1 fully saturated rings. The molecule has 0 radical (unpaired) electrons. The first-order valence-electron chi connectivity index (χ1n) is 11.0. The summed E-state index contributed by atoms with van der Waals surface area (Å²) in [6, 6.07) is 19.0. The van der Waals surface area contributed by atoms with Crippen LogP contribution in [0.25, 0.3) is 4.96 Å². The molecule has 5 rings (SSSR count). The highest BCUT2D eigenvalue weighted by atomic mass is 32.1. The molecule has 0 atom stereocenters. The number of rotatable bonds is 7. The van der Waals surface area contributed by atoms with E-state index < -0.39 is 0 Å². The summed E-state index contributed by atoms with van der Waals surface area (Å²) in [4.78, 5) is 22.9. The van der Waals surface area contributed by atoms with Crippen molar-refractivity contribution in [2.75, 3.05) is 31.1 Å². The van der Waals surface area contributed by atoms with Crippen LogP contribution in [0.5, 0.6) is 0 Å². The molecule has 7 heteroatoms. The van der Waals surface area contributed by atoms with Gasteiger partial charge in [-0.25, -0.2) is 4.98 Å². The van der Waals surface area contributed by atoms with Gasteiger partial charge in [0.1, 0.15) is 0 Å². The SMILES string of the molecule is O=C(Cc1cn2ccsc2n1)NCc1ccccc1CN1CCN(c2ccccc2)CC1. The zero-order valence-electron chi connectivity index (χ0n) is 18.0. The van der Waals surface area contributed by atoms with Crippen LogP contribution in [-0.2, 0) is 24.3 Å². The van der Waals surface area contributed by atoms with E-state index in [0.29, 0.717) is 13.0 Å². The molecule has 0 unspecified atom stereocenters. The molecule has 1 N–H and O–H groups in total. The van der Waals surface area contributed by atoms with E-state index >= 15 is 0 Å². The van der Waals surface area contributed by atoms with Gasteiger partial charge in [-0.05, 0) is 23.3 Å². The number of carbonyl (C=O) groups excluding carboxylic acids is 1.